The van der Waals surface area contributed by atoms with Crippen molar-refractivity contribution in [1.82, 2.24) is 0 Å². The molecule has 3 atom stereocenters. The molecule has 1 fully saturated rings. The van der Waals surface area contributed by atoms with Gasteiger partial charge in [0.15, 0.2) is 0 Å². The molecule has 0 aromatic rings. The summed E-state index contributed by atoms with van der Waals surface area (Å²) in [6.45, 7) is 6.94. The van der Waals surface area contributed by atoms with Gasteiger partial charge in [-0.3, -0.25) is 0 Å². The smallest absolute Gasteiger partial charge is 0.00534 e. The quantitative estimate of drug-likeness (QED) is 0.527. The second-order valence-corrected chi connectivity index (χ2v) is 5.28. The molecular formula is C13H18. The number of hydrogen-bond acceptors (Lipinski definition) is 0. The van der Waals surface area contributed by atoms with Gasteiger partial charge in [-0.2, -0.15) is 0 Å². The Morgan fingerprint density at radius 3 is 2.46 bits per heavy atom. The first-order valence-corrected chi connectivity index (χ1v) is 5.18. The van der Waals surface area contributed by atoms with Crippen LogP contribution in [0.3, 0.4) is 0 Å². The van der Waals surface area contributed by atoms with Gasteiger partial charge in [0.2, 0.25) is 0 Å². The van der Waals surface area contributed by atoms with Crippen molar-refractivity contribution in [3.05, 3.63) is 30.7 Å². The van der Waals surface area contributed by atoms with Crippen LogP contribution in [0.1, 0.15) is 27.2 Å². The van der Waals surface area contributed by atoms with Gasteiger partial charge in [0, 0.05) is 0 Å². The monoisotopic (exact) mass is 174 g/mol. The maximum absolute atomic E-state index is 3.69. The van der Waals surface area contributed by atoms with Crippen molar-refractivity contribution in [1.29, 1.82) is 0 Å². The topological polar surface area (TPSA) is 0 Å². The standard InChI is InChI=1S/C13H18/c1-13(2,3)12-8-10-6-4-5-7-11(10)9-12/h4-7,10-12H,8H2,1-3H3. The van der Waals surface area contributed by atoms with Crippen molar-refractivity contribution in [2.75, 3.05) is 0 Å². The SMILES string of the molecule is CC(C)(C)C1[C]C2C=CC=CC2C1. The number of fused-ring (bicyclic) bond motifs is 1. The van der Waals surface area contributed by atoms with Gasteiger partial charge in [-0.05, 0) is 36.0 Å². The van der Waals surface area contributed by atoms with Gasteiger partial charge in [0.1, 0.15) is 0 Å². The van der Waals surface area contributed by atoms with Crippen LogP contribution >= 0.6 is 0 Å². The molecule has 0 bridgehead atoms. The minimum absolute atomic E-state index is 0.388. The Morgan fingerprint density at radius 2 is 1.85 bits per heavy atom. The number of allylic oxidation sites excluding steroid dienone is 4. The van der Waals surface area contributed by atoms with Crippen molar-refractivity contribution in [2.45, 2.75) is 27.2 Å². The third kappa shape index (κ3) is 1.72. The van der Waals surface area contributed by atoms with Gasteiger partial charge >= 0.3 is 0 Å². The van der Waals surface area contributed by atoms with E-state index in [-0.39, 0.29) is 0 Å². The van der Waals surface area contributed by atoms with E-state index in [1.165, 1.54) is 6.42 Å². The van der Waals surface area contributed by atoms with E-state index in [1.807, 2.05) is 0 Å². The van der Waals surface area contributed by atoms with E-state index in [0.29, 0.717) is 17.3 Å². The zero-order valence-electron chi connectivity index (χ0n) is 8.75. The summed E-state index contributed by atoms with van der Waals surface area (Å²) in [4.78, 5) is 0. The molecule has 70 valence electrons. The van der Waals surface area contributed by atoms with Crippen LogP contribution in [0.15, 0.2) is 24.3 Å². The Kier molecular flexibility index (Phi) is 2.09. The lowest BCUT2D eigenvalue weighted by Crippen LogP contribution is -2.17. The summed E-state index contributed by atoms with van der Waals surface area (Å²) in [5, 5.41) is 0. The van der Waals surface area contributed by atoms with Crippen molar-refractivity contribution >= 4 is 0 Å². The van der Waals surface area contributed by atoms with Crippen LogP contribution in [0.2, 0.25) is 0 Å². The highest BCUT2D eigenvalue weighted by Crippen LogP contribution is 2.46. The molecule has 2 aliphatic carbocycles. The molecule has 2 aliphatic rings. The third-order valence-electron chi connectivity index (χ3n) is 3.20. The van der Waals surface area contributed by atoms with Gasteiger partial charge in [-0.25, -0.2) is 0 Å². The van der Waals surface area contributed by atoms with Crippen LogP contribution in [-0.2, 0) is 0 Å². The zero-order valence-corrected chi connectivity index (χ0v) is 8.75. The zero-order chi connectivity index (χ0) is 9.47. The lowest BCUT2D eigenvalue weighted by Gasteiger charge is -2.26. The van der Waals surface area contributed by atoms with Crippen molar-refractivity contribution in [3.63, 3.8) is 0 Å². The van der Waals surface area contributed by atoms with Crippen molar-refractivity contribution in [3.8, 4) is 0 Å². The summed E-state index contributed by atoms with van der Waals surface area (Å²) in [6.07, 6.45) is 13.9. The lowest BCUT2D eigenvalue weighted by molar-refractivity contribution is 0.275. The molecule has 0 aliphatic heterocycles. The molecule has 0 heteroatoms. The van der Waals surface area contributed by atoms with E-state index in [0.717, 1.165) is 5.92 Å². The van der Waals surface area contributed by atoms with E-state index < -0.39 is 0 Å². The van der Waals surface area contributed by atoms with E-state index >= 15 is 0 Å². The van der Waals surface area contributed by atoms with E-state index in [9.17, 15) is 0 Å². The molecule has 0 heterocycles. The highest BCUT2D eigenvalue weighted by Gasteiger charge is 2.38. The normalized spacial score (nSPS) is 37.9. The van der Waals surface area contributed by atoms with Crippen LogP contribution in [0.5, 0.6) is 0 Å². The Labute approximate surface area is 81.7 Å². The molecule has 0 amide bonds. The molecule has 2 rings (SSSR count). The van der Waals surface area contributed by atoms with Crippen LogP contribution < -0.4 is 0 Å². The summed E-state index contributed by atoms with van der Waals surface area (Å²) in [5.74, 6) is 1.98. The number of hydrogen-bond donors (Lipinski definition) is 0. The van der Waals surface area contributed by atoms with Crippen LogP contribution in [0.4, 0.5) is 0 Å². The molecule has 0 spiro atoms. The van der Waals surface area contributed by atoms with E-state index in [2.05, 4.69) is 51.5 Å². The Balaban J connectivity index is 2.09. The van der Waals surface area contributed by atoms with Crippen LogP contribution in [0, 0.1) is 29.6 Å². The van der Waals surface area contributed by atoms with E-state index in [1.54, 1.807) is 0 Å². The fourth-order valence-electron chi connectivity index (χ4n) is 2.23. The Hall–Kier alpha value is -0.520. The average Bonchev–Trinajstić information content (AvgIpc) is 2.45. The first-order valence-electron chi connectivity index (χ1n) is 5.18. The van der Waals surface area contributed by atoms with Crippen molar-refractivity contribution in [2.24, 2.45) is 23.2 Å². The predicted molar refractivity (Wildman–Crippen MR) is 56.1 cm³/mol. The summed E-state index contributed by atoms with van der Waals surface area (Å²) in [7, 11) is 0. The molecule has 0 aromatic carbocycles. The van der Waals surface area contributed by atoms with Gasteiger partial charge < -0.3 is 0 Å². The van der Waals surface area contributed by atoms with Crippen LogP contribution in [-0.4, -0.2) is 0 Å². The summed E-state index contributed by atoms with van der Waals surface area (Å²) >= 11 is 0. The molecule has 1 saturated carbocycles. The van der Waals surface area contributed by atoms with Gasteiger partial charge in [0.25, 0.3) is 0 Å². The third-order valence-corrected chi connectivity index (χ3v) is 3.20. The highest BCUT2D eigenvalue weighted by atomic mass is 14.4. The molecule has 0 nitrogen and oxygen atoms in total. The van der Waals surface area contributed by atoms with Crippen LogP contribution in [0.25, 0.3) is 0 Å². The second kappa shape index (κ2) is 3.01. The summed E-state index contributed by atoms with van der Waals surface area (Å²) < 4.78 is 0. The first-order chi connectivity index (χ1) is 6.07. The largest absolute Gasteiger partial charge is 0.0808 e. The first kappa shape index (κ1) is 9.05. The molecule has 0 N–H and O–H groups in total. The summed E-state index contributed by atoms with van der Waals surface area (Å²) in [6, 6.07) is 0. The molecule has 13 heavy (non-hydrogen) atoms. The fourth-order valence-corrected chi connectivity index (χ4v) is 2.23. The molecule has 0 saturated heterocycles. The van der Waals surface area contributed by atoms with Gasteiger partial charge in [-0.15, -0.1) is 0 Å². The molecular weight excluding hydrogens is 156 g/mol. The maximum atomic E-state index is 3.69. The predicted octanol–water partition coefficient (Wildman–Crippen LogP) is 3.49. The minimum atomic E-state index is 0.388. The molecule has 2 radical (unpaired) electrons. The van der Waals surface area contributed by atoms with Crippen molar-refractivity contribution < 1.29 is 0 Å². The summed E-state index contributed by atoms with van der Waals surface area (Å²) in [5.41, 5.74) is 0.388. The van der Waals surface area contributed by atoms with E-state index in [4.69, 9.17) is 0 Å². The lowest BCUT2D eigenvalue weighted by atomic mass is 9.79. The Bertz CT molecular complexity index is 219. The van der Waals surface area contributed by atoms with Gasteiger partial charge in [0.05, 0.1) is 0 Å². The maximum Gasteiger partial charge on any atom is -0.00534 e. The fraction of sp³-hybridized carbons (Fsp3) is 0.615. The number of rotatable bonds is 0. The molecule has 0 aromatic heterocycles. The minimum Gasteiger partial charge on any atom is -0.0808 e. The average molecular weight is 174 g/mol. The van der Waals surface area contributed by atoms with Gasteiger partial charge in [-0.1, -0.05) is 45.1 Å². The Morgan fingerprint density at radius 1 is 1.15 bits per heavy atom. The second-order valence-electron chi connectivity index (χ2n) is 5.28. The molecule has 3 unspecified atom stereocenters. The highest BCUT2D eigenvalue weighted by molar-refractivity contribution is 5.21.